The molecule has 4 nitrogen and oxygen atoms in total. The molecule has 2 aliphatic rings. The number of rotatable bonds is 3. The maximum absolute atomic E-state index is 11.8. The zero-order valence-electron chi connectivity index (χ0n) is 12.1. The van der Waals surface area contributed by atoms with Crippen molar-refractivity contribution in [1.82, 2.24) is 9.96 Å². The molecule has 0 aromatic rings. The molecule has 1 saturated carbocycles. The van der Waals surface area contributed by atoms with Crippen molar-refractivity contribution in [1.29, 1.82) is 0 Å². The van der Waals surface area contributed by atoms with Gasteiger partial charge in [-0.15, -0.1) is 5.06 Å². The molecule has 0 spiro atoms. The van der Waals surface area contributed by atoms with Crippen molar-refractivity contribution in [3.05, 3.63) is 0 Å². The highest BCUT2D eigenvalue weighted by molar-refractivity contribution is 5.75. The van der Waals surface area contributed by atoms with Crippen LogP contribution in [0.1, 0.15) is 46.5 Å². The SMILES string of the molecule is CN(C1CC1)C1CCN(OC(=O)C(C)(C)C)CC1. The second-order valence-corrected chi connectivity index (χ2v) is 6.69. The highest BCUT2D eigenvalue weighted by Gasteiger charge is 2.34. The minimum Gasteiger partial charge on any atom is -0.367 e. The normalized spacial score (nSPS) is 23.4. The minimum absolute atomic E-state index is 0.128. The van der Waals surface area contributed by atoms with E-state index in [-0.39, 0.29) is 5.97 Å². The fourth-order valence-electron chi connectivity index (χ4n) is 2.37. The Kier molecular flexibility index (Phi) is 3.97. The Balaban J connectivity index is 1.74. The molecule has 2 fully saturated rings. The highest BCUT2D eigenvalue weighted by atomic mass is 16.7. The summed E-state index contributed by atoms with van der Waals surface area (Å²) < 4.78 is 0. The van der Waals surface area contributed by atoms with Gasteiger partial charge in [0.25, 0.3) is 0 Å². The molecule has 1 aliphatic heterocycles. The monoisotopic (exact) mass is 254 g/mol. The summed E-state index contributed by atoms with van der Waals surface area (Å²) in [5.41, 5.74) is -0.415. The summed E-state index contributed by atoms with van der Waals surface area (Å²) in [4.78, 5) is 19.7. The van der Waals surface area contributed by atoms with Crippen molar-refractivity contribution in [2.24, 2.45) is 5.41 Å². The van der Waals surface area contributed by atoms with E-state index in [0.717, 1.165) is 32.0 Å². The standard InChI is InChI=1S/C14H26N2O2/c1-14(2,3)13(17)18-16-9-7-12(8-10-16)15(4)11-5-6-11/h11-12H,5-10H2,1-4H3. The number of hydrogen-bond donors (Lipinski definition) is 0. The molecule has 0 radical (unpaired) electrons. The van der Waals surface area contributed by atoms with Crippen LogP contribution in [0.3, 0.4) is 0 Å². The molecular weight excluding hydrogens is 228 g/mol. The first kappa shape index (κ1) is 13.8. The predicted molar refractivity (Wildman–Crippen MR) is 70.9 cm³/mol. The van der Waals surface area contributed by atoms with Crippen LogP contribution in [0.5, 0.6) is 0 Å². The number of hydroxylamine groups is 2. The van der Waals surface area contributed by atoms with Crippen LogP contribution < -0.4 is 0 Å². The summed E-state index contributed by atoms with van der Waals surface area (Å²) in [7, 11) is 2.24. The Bertz CT molecular complexity index is 299. The highest BCUT2D eigenvalue weighted by Crippen LogP contribution is 2.30. The summed E-state index contributed by atoms with van der Waals surface area (Å²) >= 11 is 0. The molecule has 104 valence electrons. The average molecular weight is 254 g/mol. The summed E-state index contributed by atoms with van der Waals surface area (Å²) in [5.74, 6) is -0.128. The molecule has 0 bridgehead atoms. The van der Waals surface area contributed by atoms with Gasteiger partial charge in [-0.3, -0.25) is 0 Å². The van der Waals surface area contributed by atoms with Gasteiger partial charge >= 0.3 is 5.97 Å². The molecule has 0 N–H and O–H groups in total. The third-order valence-electron chi connectivity index (χ3n) is 3.95. The van der Waals surface area contributed by atoms with Gasteiger partial charge in [-0.1, -0.05) is 0 Å². The van der Waals surface area contributed by atoms with Crippen molar-refractivity contribution >= 4 is 5.97 Å². The maximum atomic E-state index is 11.8. The van der Waals surface area contributed by atoms with Gasteiger partial charge in [0.15, 0.2) is 0 Å². The van der Waals surface area contributed by atoms with E-state index >= 15 is 0 Å². The number of nitrogens with zero attached hydrogens (tertiary/aromatic N) is 2. The van der Waals surface area contributed by atoms with Crippen LogP contribution in [0.4, 0.5) is 0 Å². The van der Waals surface area contributed by atoms with Crippen LogP contribution in [0.25, 0.3) is 0 Å². The molecule has 0 amide bonds. The lowest BCUT2D eigenvalue weighted by Gasteiger charge is -2.36. The first-order valence-electron chi connectivity index (χ1n) is 7.07. The lowest BCUT2D eigenvalue weighted by molar-refractivity contribution is -0.206. The van der Waals surface area contributed by atoms with Crippen molar-refractivity contribution in [2.75, 3.05) is 20.1 Å². The van der Waals surface area contributed by atoms with Crippen LogP contribution in [0.2, 0.25) is 0 Å². The predicted octanol–water partition coefficient (Wildman–Crippen LogP) is 2.05. The molecule has 2 rings (SSSR count). The molecule has 1 heterocycles. The molecule has 18 heavy (non-hydrogen) atoms. The number of hydrogen-bond acceptors (Lipinski definition) is 4. The summed E-state index contributed by atoms with van der Waals surface area (Å²) in [5, 5.41) is 1.84. The van der Waals surface area contributed by atoms with E-state index in [0.29, 0.717) is 6.04 Å². The summed E-state index contributed by atoms with van der Waals surface area (Å²) in [6.07, 6.45) is 4.92. The van der Waals surface area contributed by atoms with E-state index < -0.39 is 5.41 Å². The fraction of sp³-hybridized carbons (Fsp3) is 0.929. The molecule has 4 heteroatoms. The van der Waals surface area contributed by atoms with Crippen LogP contribution in [-0.4, -0.2) is 48.2 Å². The largest absolute Gasteiger partial charge is 0.367 e. The number of carbonyl (C=O) groups is 1. The van der Waals surface area contributed by atoms with Gasteiger partial charge in [0.05, 0.1) is 5.41 Å². The molecule has 0 aromatic heterocycles. The quantitative estimate of drug-likeness (QED) is 0.771. The zero-order valence-corrected chi connectivity index (χ0v) is 12.1. The van der Waals surface area contributed by atoms with Crippen molar-refractivity contribution in [3.8, 4) is 0 Å². The topological polar surface area (TPSA) is 32.8 Å². The molecular formula is C14H26N2O2. The van der Waals surface area contributed by atoms with Crippen molar-refractivity contribution in [2.45, 2.75) is 58.5 Å². The Hall–Kier alpha value is -0.610. The second-order valence-electron chi connectivity index (χ2n) is 6.69. The first-order valence-corrected chi connectivity index (χ1v) is 7.07. The van der Waals surface area contributed by atoms with Gasteiger partial charge < -0.3 is 9.74 Å². The summed E-state index contributed by atoms with van der Waals surface area (Å²) in [6, 6.07) is 1.49. The third-order valence-corrected chi connectivity index (χ3v) is 3.95. The van der Waals surface area contributed by atoms with E-state index in [4.69, 9.17) is 4.84 Å². The van der Waals surface area contributed by atoms with Crippen molar-refractivity contribution in [3.63, 3.8) is 0 Å². The van der Waals surface area contributed by atoms with Crippen molar-refractivity contribution < 1.29 is 9.63 Å². The lowest BCUT2D eigenvalue weighted by atomic mass is 9.98. The molecule has 1 aliphatic carbocycles. The lowest BCUT2D eigenvalue weighted by Crippen LogP contribution is -2.45. The van der Waals surface area contributed by atoms with Crippen LogP contribution in [-0.2, 0) is 9.63 Å². The second kappa shape index (κ2) is 5.17. The molecule has 0 unspecified atom stereocenters. The van der Waals surface area contributed by atoms with Gasteiger partial charge in [-0.25, -0.2) is 4.79 Å². The Labute approximate surface area is 110 Å². The van der Waals surface area contributed by atoms with Gasteiger partial charge in [0, 0.05) is 25.2 Å². The van der Waals surface area contributed by atoms with Gasteiger partial charge in [0.1, 0.15) is 0 Å². The van der Waals surface area contributed by atoms with E-state index in [1.54, 1.807) is 0 Å². The first-order chi connectivity index (χ1) is 8.38. The van der Waals surface area contributed by atoms with Gasteiger partial charge in [-0.2, -0.15) is 0 Å². The Morgan fingerprint density at radius 1 is 1.11 bits per heavy atom. The van der Waals surface area contributed by atoms with E-state index in [9.17, 15) is 4.79 Å². The van der Waals surface area contributed by atoms with E-state index in [1.165, 1.54) is 12.8 Å². The number of piperidine rings is 1. The zero-order chi connectivity index (χ0) is 13.3. The van der Waals surface area contributed by atoms with Gasteiger partial charge in [-0.05, 0) is 53.5 Å². The Morgan fingerprint density at radius 2 is 1.61 bits per heavy atom. The maximum Gasteiger partial charge on any atom is 0.330 e. The van der Waals surface area contributed by atoms with E-state index in [2.05, 4.69) is 11.9 Å². The molecule has 1 saturated heterocycles. The molecule has 0 aromatic carbocycles. The third kappa shape index (κ3) is 3.45. The van der Waals surface area contributed by atoms with Crippen LogP contribution in [0, 0.1) is 5.41 Å². The van der Waals surface area contributed by atoms with E-state index in [1.807, 2.05) is 25.8 Å². The van der Waals surface area contributed by atoms with Crippen LogP contribution >= 0.6 is 0 Å². The average Bonchev–Trinajstić information content (AvgIpc) is 3.11. The van der Waals surface area contributed by atoms with Gasteiger partial charge in [0.2, 0.25) is 0 Å². The van der Waals surface area contributed by atoms with Crippen LogP contribution in [0.15, 0.2) is 0 Å². The smallest absolute Gasteiger partial charge is 0.330 e. The Morgan fingerprint density at radius 3 is 2.06 bits per heavy atom. The minimum atomic E-state index is -0.415. The number of carbonyl (C=O) groups excluding carboxylic acids is 1. The summed E-state index contributed by atoms with van der Waals surface area (Å²) in [6.45, 7) is 7.40. The fourth-order valence-corrected chi connectivity index (χ4v) is 2.37. The molecule has 0 atom stereocenters.